The van der Waals surface area contributed by atoms with Crippen molar-refractivity contribution in [1.29, 1.82) is 0 Å². The molecule has 4 nitrogen and oxygen atoms in total. The maximum Gasteiger partial charge on any atom is 0.225 e. The van der Waals surface area contributed by atoms with Gasteiger partial charge in [-0.1, -0.05) is 20.8 Å². The highest BCUT2D eigenvalue weighted by atomic mass is 16.2. The second-order valence-corrected chi connectivity index (χ2v) is 6.69. The van der Waals surface area contributed by atoms with E-state index in [1.165, 1.54) is 6.42 Å². The van der Waals surface area contributed by atoms with Gasteiger partial charge in [0.05, 0.1) is 0 Å². The molecule has 0 aromatic rings. The third-order valence-corrected chi connectivity index (χ3v) is 3.79. The molecule has 0 aromatic heterocycles. The summed E-state index contributed by atoms with van der Waals surface area (Å²) in [7, 11) is 0. The average Bonchev–Trinajstić information content (AvgIpc) is 2.27. The maximum atomic E-state index is 12.2. The highest BCUT2D eigenvalue weighted by Gasteiger charge is 2.28. The van der Waals surface area contributed by atoms with Crippen molar-refractivity contribution in [1.82, 2.24) is 10.2 Å². The van der Waals surface area contributed by atoms with Crippen molar-refractivity contribution < 1.29 is 9.59 Å². The quantitative estimate of drug-likeness (QED) is 0.854. The van der Waals surface area contributed by atoms with Crippen LogP contribution in [0.3, 0.4) is 0 Å². The second-order valence-electron chi connectivity index (χ2n) is 6.69. The molecule has 0 radical (unpaired) electrons. The lowest BCUT2D eigenvalue weighted by atomic mass is 9.95. The molecule has 1 fully saturated rings. The number of amides is 2. The second kappa shape index (κ2) is 6.40. The van der Waals surface area contributed by atoms with Crippen LogP contribution >= 0.6 is 0 Å². The Labute approximate surface area is 116 Å². The van der Waals surface area contributed by atoms with Crippen LogP contribution in [-0.4, -0.2) is 35.3 Å². The number of hydrogen-bond donors (Lipinski definition) is 1. The van der Waals surface area contributed by atoms with Crippen LogP contribution in [0.25, 0.3) is 0 Å². The fourth-order valence-electron chi connectivity index (χ4n) is 2.59. The zero-order chi connectivity index (χ0) is 14.6. The molecule has 19 heavy (non-hydrogen) atoms. The predicted octanol–water partition coefficient (Wildman–Crippen LogP) is 2.33. The van der Waals surface area contributed by atoms with Crippen LogP contribution in [0.15, 0.2) is 0 Å². The smallest absolute Gasteiger partial charge is 0.225 e. The molecule has 0 bridgehead atoms. The van der Waals surface area contributed by atoms with Crippen molar-refractivity contribution in [3.8, 4) is 0 Å². The normalized spacial score (nSPS) is 24.2. The van der Waals surface area contributed by atoms with Crippen LogP contribution in [0.4, 0.5) is 0 Å². The highest BCUT2D eigenvalue weighted by molar-refractivity contribution is 5.82. The standard InChI is InChI=1S/C15H28N2O2/c1-11-7-6-8-12(2)17(11)13(18)9-10-16-14(19)15(3,4)5/h11-12H,6-10H2,1-5H3,(H,16,19)/t11-,12+. The zero-order valence-corrected chi connectivity index (χ0v) is 13.0. The minimum Gasteiger partial charge on any atom is -0.355 e. The van der Waals surface area contributed by atoms with Gasteiger partial charge in [-0.15, -0.1) is 0 Å². The first-order chi connectivity index (χ1) is 8.73. The number of hydrogen-bond acceptors (Lipinski definition) is 2. The van der Waals surface area contributed by atoms with E-state index in [1.807, 2.05) is 25.7 Å². The molecule has 1 aliphatic heterocycles. The summed E-state index contributed by atoms with van der Waals surface area (Å²) in [5.74, 6) is 0.161. The third-order valence-electron chi connectivity index (χ3n) is 3.79. The lowest BCUT2D eigenvalue weighted by Crippen LogP contribution is -2.48. The maximum absolute atomic E-state index is 12.2. The highest BCUT2D eigenvalue weighted by Crippen LogP contribution is 2.23. The molecule has 0 aromatic carbocycles. The van der Waals surface area contributed by atoms with Gasteiger partial charge >= 0.3 is 0 Å². The Morgan fingerprint density at radius 3 is 2.16 bits per heavy atom. The number of nitrogens with zero attached hydrogens (tertiary/aromatic N) is 1. The molecular weight excluding hydrogens is 240 g/mol. The van der Waals surface area contributed by atoms with E-state index in [-0.39, 0.29) is 11.8 Å². The van der Waals surface area contributed by atoms with E-state index >= 15 is 0 Å². The SMILES string of the molecule is C[C@@H]1CCC[C@H](C)N1C(=O)CCNC(=O)C(C)(C)C. The molecule has 0 unspecified atom stereocenters. The summed E-state index contributed by atoms with van der Waals surface area (Å²) < 4.78 is 0. The summed E-state index contributed by atoms with van der Waals surface area (Å²) in [6.07, 6.45) is 3.78. The van der Waals surface area contributed by atoms with E-state index in [1.54, 1.807) is 0 Å². The number of likely N-dealkylation sites (tertiary alicyclic amines) is 1. The zero-order valence-electron chi connectivity index (χ0n) is 13.0. The Hall–Kier alpha value is -1.06. The molecule has 2 atom stereocenters. The lowest BCUT2D eigenvalue weighted by molar-refractivity contribution is -0.137. The topological polar surface area (TPSA) is 49.4 Å². The molecule has 1 aliphatic rings. The van der Waals surface area contributed by atoms with Crippen LogP contribution in [0.2, 0.25) is 0 Å². The molecule has 0 spiro atoms. The Balaban J connectivity index is 2.41. The fraction of sp³-hybridized carbons (Fsp3) is 0.867. The van der Waals surface area contributed by atoms with Gasteiger partial charge in [-0.3, -0.25) is 9.59 Å². The first kappa shape index (κ1) is 16.0. The Morgan fingerprint density at radius 2 is 1.68 bits per heavy atom. The first-order valence-electron chi connectivity index (χ1n) is 7.33. The van der Waals surface area contributed by atoms with Gasteiger partial charge in [-0.25, -0.2) is 0 Å². The summed E-state index contributed by atoms with van der Waals surface area (Å²) >= 11 is 0. The summed E-state index contributed by atoms with van der Waals surface area (Å²) in [6.45, 7) is 10.3. The largest absolute Gasteiger partial charge is 0.355 e. The minimum absolute atomic E-state index is 0.0000381. The molecule has 1 saturated heterocycles. The molecule has 2 amide bonds. The average molecular weight is 268 g/mol. The molecule has 0 aliphatic carbocycles. The van der Waals surface area contributed by atoms with Crippen LogP contribution in [-0.2, 0) is 9.59 Å². The van der Waals surface area contributed by atoms with Crippen molar-refractivity contribution in [3.05, 3.63) is 0 Å². The van der Waals surface area contributed by atoms with Crippen molar-refractivity contribution in [2.45, 2.75) is 72.4 Å². The van der Waals surface area contributed by atoms with Gasteiger partial charge in [0.1, 0.15) is 0 Å². The van der Waals surface area contributed by atoms with Gasteiger partial charge in [0, 0.05) is 30.5 Å². The summed E-state index contributed by atoms with van der Waals surface area (Å²) in [6, 6.07) is 0.657. The number of nitrogens with one attached hydrogen (secondary N) is 1. The predicted molar refractivity (Wildman–Crippen MR) is 76.7 cm³/mol. The molecular formula is C15H28N2O2. The molecule has 4 heteroatoms. The van der Waals surface area contributed by atoms with Crippen LogP contribution in [0, 0.1) is 5.41 Å². The number of rotatable bonds is 3. The van der Waals surface area contributed by atoms with E-state index in [9.17, 15) is 9.59 Å². The van der Waals surface area contributed by atoms with Crippen LogP contribution in [0.5, 0.6) is 0 Å². The number of carbonyl (C=O) groups is 2. The van der Waals surface area contributed by atoms with Gasteiger partial charge in [-0.05, 0) is 33.1 Å². The number of piperidine rings is 1. The molecule has 0 saturated carbocycles. The Kier molecular flexibility index (Phi) is 5.39. The fourth-order valence-corrected chi connectivity index (χ4v) is 2.59. The number of carbonyl (C=O) groups excluding carboxylic acids is 2. The van der Waals surface area contributed by atoms with Crippen LogP contribution < -0.4 is 5.32 Å². The van der Waals surface area contributed by atoms with Gasteiger partial charge in [0.25, 0.3) is 0 Å². The Morgan fingerprint density at radius 1 is 1.16 bits per heavy atom. The van der Waals surface area contributed by atoms with Crippen molar-refractivity contribution in [2.75, 3.05) is 6.54 Å². The third kappa shape index (κ3) is 4.51. The van der Waals surface area contributed by atoms with E-state index in [0.717, 1.165) is 12.8 Å². The van der Waals surface area contributed by atoms with Gasteiger partial charge in [0.15, 0.2) is 0 Å². The first-order valence-corrected chi connectivity index (χ1v) is 7.33. The summed E-state index contributed by atoms with van der Waals surface area (Å²) in [5, 5.41) is 2.84. The van der Waals surface area contributed by atoms with Gasteiger partial charge in [-0.2, -0.15) is 0 Å². The van der Waals surface area contributed by atoms with Crippen LogP contribution in [0.1, 0.15) is 60.3 Å². The minimum atomic E-state index is -0.394. The van der Waals surface area contributed by atoms with E-state index < -0.39 is 5.41 Å². The van der Waals surface area contributed by atoms with E-state index in [2.05, 4.69) is 19.2 Å². The van der Waals surface area contributed by atoms with Crippen molar-refractivity contribution in [3.63, 3.8) is 0 Å². The lowest BCUT2D eigenvalue weighted by Gasteiger charge is -2.39. The Bertz CT molecular complexity index is 324. The van der Waals surface area contributed by atoms with Crippen molar-refractivity contribution in [2.24, 2.45) is 5.41 Å². The molecule has 110 valence electrons. The molecule has 1 heterocycles. The summed E-state index contributed by atoms with van der Waals surface area (Å²) in [4.78, 5) is 25.9. The van der Waals surface area contributed by atoms with E-state index in [0.29, 0.717) is 25.0 Å². The molecule has 1 rings (SSSR count). The van der Waals surface area contributed by atoms with E-state index in [4.69, 9.17) is 0 Å². The monoisotopic (exact) mass is 268 g/mol. The summed E-state index contributed by atoms with van der Waals surface area (Å²) in [5.41, 5.74) is -0.394. The molecule has 1 N–H and O–H groups in total. The van der Waals surface area contributed by atoms with Gasteiger partial charge < -0.3 is 10.2 Å². The van der Waals surface area contributed by atoms with Gasteiger partial charge in [0.2, 0.25) is 11.8 Å². The van der Waals surface area contributed by atoms with Crippen molar-refractivity contribution >= 4 is 11.8 Å².